The Morgan fingerprint density at radius 2 is 1.92 bits per heavy atom. The van der Waals surface area contributed by atoms with E-state index in [0.717, 1.165) is 0 Å². The number of benzene rings is 2. The molecule has 0 spiro atoms. The summed E-state index contributed by atoms with van der Waals surface area (Å²) >= 11 is 5.91. The highest BCUT2D eigenvalue weighted by molar-refractivity contribution is 7.88. The third-order valence-corrected chi connectivity index (χ3v) is 5.39. The first kappa shape index (κ1) is 19.5. The van der Waals surface area contributed by atoms with E-state index in [1.165, 1.54) is 32.4 Å². The van der Waals surface area contributed by atoms with Gasteiger partial charge in [0.25, 0.3) is 0 Å². The van der Waals surface area contributed by atoms with Crippen molar-refractivity contribution >= 4 is 21.6 Å². The maximum atomic E-state index is 13.8. The van der Waals surface area contributed by atoms with Crippen molar-refractivity contribution in [1.29, 1.82) is 0 Å². The number of methoxy groups -OCH3 is 2. The van der Waals surface area contributed by atoms with Gasteiger partial charge in [0, 0.05) is 22.2 Å². The molecule has 0 aliphatic heterocycles. The second-order valence-corrected chi connectivity index (χ2v) is 7.57. The van der Waals surface area contributed by atoms with Crippen molar-refractivity contribution in [1.82, 2.24) is 4.72 Å². The summed E-state index contributed by atoms with van der Waals surface area (Å²) in [7, 11) is -0.836. The molecule has 1 atom stereocenters. The minimum atomic E-state index is -3.84. The summed E-state index contributed by atoms with van der Waals surface area (Å²) in [5, 5.41) is 0.0667. The lowest BCUT2D eigenvalue weighted by Gasteiger charge is -2.18. The van der Waals surface area contributed by atoms with Gasteiger partial charge in [0.1, 0.15) is 17.3 Å². The monoisotopic (exact) mass is 387 g/mol. The molecule has 2 rings (SSSR count). The number of nitrogens with one attached hydrogen (secondary N) is 1. The Morgan fingerprint density at radius 1 is 1.20 bits per heavy atom. The van der Waals surface area contributed by atoms with Crippen molar-refractivity contribution in [2.24, 2.45) is 0 Å². The highest BCUT2D eigenvalue weighted by Gasteiger charge is 2.22. The van der Waals surface area contributed by atoms with E-state index in [2.05, 4.69) is 4.72 Å². The first-order valence-corrected chi connectivity index (χ1v) is 9.45. The van der Waals surface area contributed by atoms with Crippen LogP contribution in [0.2, 0.25) is 5.02 Å². The van der Waals surface area contributed by atoms with Crippen LogP contribution in [-0.2, 0) is 15.8 Å². The van der Waals surface area contributed by atoms with Crippen LogP contribution in [0, 0.1) is 5.82 Å². The summed E-state index contributed by atoms with van der Waals surface area (Å²) in [4.78, 5) is 0. The van der Waals surface area contributed by atoms with Crippen molar-refractivity contribution in [3.63, 3.8) is 0 Å². The third-order valence-electron chi connectivity index (χ3n) is 3.66. The Bertz CT molecular complexity index is 837. The fourth-order valence-corrected chi connectivity index (χ4v) is 4.14. The topological polar surface area (TPSA) is 64.6 Å². The first-order valence-electron chi connectivity index (χ1n) is 7.42. The van der Waals surface area contributed by atoms with E-state index >= 15 is 0 Å². The maximum Gasteiger partial charge on any atom is 0.216 e. The molecule has 8 heteroatoms. The minimum Gasteiger partial charge on any atom is -0.497 e. The highest BCUT2D eigenvalue weighted by Crippen LogP contribution is 2.30. The van der Waals surface area contributed by atoms with Crippen LogP contribution in [0.15, 0.2) is 36.4 Å². The highest BCUT2D eigenvalue weighted by atomic mass is 35.5. The number of halogens is 2. The Hall–Kier alpha value is -1.83. The molecule has 2 aromatic rings. The summed E-state index contributed by atoms with van der Waals surface area (Å²) < 4.78 is 51.7. The second-order valence-electron chi connectivity index (χ2n) is 5.41. The van der Waals surface area contributed by atoms with E-state index in [9.17, 15) is 12.8 Å². The zero-order chi connectivity index (χ0) is 18.6. The zero-order valence-electron chi connectivity index (χ0n) is 14.0. The Morgan fingerprint density at radius 3 is 2.52 bits per heavy atom. The van der Waals surface area contributed by atoms with Crippen LogP contribution < -0.4 is 14.2 Å². The summed E-state index contributed by atoms with van der Waals surface area (Å²) in [5.74, 6) is -0.141. The Kier molecular flexibility index (Phi) is 6.26. The summed E-state index contributed by atoms with van der Waals surface area (Å²) in [6, 6.07) is 8.51. The molecule has 1 N–H and O–H groups in total. The van der Waals surface area contributed by atoms with Crippen molar-refractivity contribution < 1.29 is 22.3 Å². The molecule has 0 radical (unpaired) electrons. The maximum absolute atomic E-state index is 13.8. The molecule has 0 amide bonds. The number of ether oxygens (including phenoxy) is 2. The van der Waals surface area contributed by atoms with Gasteiger partial charge in [-0.3, -0.25) is 0 Å². The largest absolute Gasteiger partial charge is 0.497 e. The first-order chi connectivity index (χ1) is 11.8. The molecular weight excluding hydrogens is 369 g/mol. The zero-order valence-corrected chi connectivity index (χ0v) is 15.6. The average molecular weight is 388 g/mol. The fraction of sp³-hybridized carbons (Fsp3) is 0.294. The summed E-state index contributed by atoms with van der Waals surface area (Å²) in [6.45, 7) is 1.66. The predicted octanol–water partition coefficient (Wildman–Crippen LogP) is 3.68. The van der Waals surface area contributed by atoms with Gasteiger partial charge in [-0.05, 0) is 37.3 Å². The molecular formula is C17H19ClFNO4S. The van der Waals surface area contributed by atoms with Crippen LogP contribution in [0.25, 0.3) is 0 Å². The van der Waals surface area contributed by atoms with Gasteiger partial charge in [0.2, 0.25) is 10.0 Å². The minimum absolute atomic E-state index is 0.0667. The van der Waals surface area contributed by atoms with Crippen LogP contribution in [0.5, 0.6) is 11.5 Å². The molecule has 0 saturated heterocycles. The van der Waals surface area contributed by atoms with Gasteiger partial charge < -0.3 is 9.47 Å². The summed E-state index contributed by atoms with van der Waals surface area (Å²) in [5.41, 5.74) is 0.534. The molecule has 136 valence electrons. The van der Waals surface area contributed by atoms with Crippen molar-refractivity contribution in [3.05, 3.63) is 58.4 Å². The normalized spacial score (nSPS) is 12.7. The lowest BCUT2D eigenvalue weighted by Crippen LogP contribution is -2.28. The molecule has 0 saturated carbocycles. The predicted molar refractivity (Wildman–Crippen MR) is 95.1 cm³/mol. The van der Waals surface area contributed by atoms with Crippen LogP contribution in [-0.4, -0.2) is 22.6 Å². The lowest BCUT2D eigenvalue weighted by atomic mass is 10.1. The van der Waals surface area contributed by atoms with Crippen molar-refractivity contribution in [3.8, 4) is 11.5 Å². The molecule has 0 fully saturated rings. The van der Waals surface area contributed by atoms with Gasteiger partial charge in [0.05, 0.1) is 20.0 Å². The van der Waals surface area contributed by atoms with Crippen LogP contribution in [0.3, 0.4) is 0 Å². The van der Waals surface area contributed by atoms with Crippen molar-refractivity contribution in [2.75, 3.05) is 14.2 Å². The smallest absolute Gasteiger partial charge is 0.216 e. The van der Waals surface area contributed by atoms with Gasteiger partial charge in [-0.1, -0.05) is 17.7 Å². The van der Waals surface area contributed by atoms with Gasteiger partial charge in [-0.25, -0.2) is 17.5 Å². The molecule has 2 aromatic carbocycles. The van der Waals surface area contributed by atoms with E-state index in [1.54, 1.807) is 25.1 Å². The second kappa shape index (κ2) is 8.03. The SMILES string of the molecule is COc1ccc(OC)c([C@H](C)NS(=O)(=O)Cc2c(F)cccc2Cl)c1. The van der Waals surface area contributed by atoms with E-state index in [0.29, 0.717) is 17.1 Å². The van der Waals surface area contributed by atoms with E-state index in [1.807, 2.05) is 0 Å². The fourth-order valence-electron chi connectivity index (χ4n) is 2.41. The number of sulfonamides is 1. The van der Waals surface area contributed by atoms with Crippen LogP contribution in [0.1, 0.15) is 24.1 Å². The van der Waals surface area contributed by atoms with Crippen LogP contribution >= 0.6 is 11.6 Å². The molecule has 25 heavy (non-hydrogen) atoms. The third kappa shape index (κ3) is 4.84. The molecule has 5 nitrogen and oxygen atoms in total. The van der Waals surface area contributed by atoms with Gasteiger partial charge in [-0.2, -0.15) is 0 Å². The molecule has 0 aromatic heterocycles. The van der Waals surface area contributed by atoms with E-state index < -0.39 is 27.6 Å². The Balaban J connectivity index is 2.26. The van der Waals surface area contributed by atoms with E-state index in [-0.39, 0.29) is 10.6 Å². The molecule has 0 unspecified atom stereocenters. The molecule has 0 aliphatic carbocycles. The number of hydrogen-bond donors (Lipinski definition) is 1. The molecule has 0 heterocycles. The lowest BCUT2D eigenvalue weighted by molar-refractivity contribution is 0.395. The average Bonchev–Trinajstić information content (AvgIpc) is 2.57. The van der Waals surface area contributed by atoms with Gasteiger partial charge in [0.15, 0.2) is 0 Å². The quantitative estimate of drug-likeness (QED) is 0.787. The van der Waals surface area contributed by atoms with Crippen molar-refractivity contribution in [2.45, 2.75) is 18.7 Å². The molecule has 0 aliphatic rings. The number of rotatable bonds is 7. The van der Waals surface area contributed by atoms with Gasteiger partial charge >= 0.3 is 0 Å². The number of hydrogen-bond acceptors (Lipinski definition) is 4. The standard InChI is InChI=1S/C17H19ClFNO4S/c1-11(13-9-12(23-2)7-8-17(13)24-3)20-25(21,22)10-14-15(18)5-4-6-16(14)19/h4-9,11,20H,10H2,1-3H3/t11-/m0/s1. The molecule has 0 bridgehead atoms. The summed E-state index contributed by atoms with van der Waals surface area (Å²) in [6.07, 6.45) is 0. The van der Waals surface area contributed by atoms with E-state index in [4.69, 9.17) is 21.1 Å². The van der Waals surface area contributed by atoms with Gasteiger partial charge in [-0.15, -0.1) is 0 Å². The Labute approximate surface area is 151 Å². The van der Waals surface area contributed by atoms with Crippen LogP contribution in [0.4, 0.5) is 4.39 Å².